The van der Waals surface area contributed by atoms with Crippen LogP contribution in [0.4, 0.5) is 10.5 Å². The van der Waals surface area contributed by atoms with E-state index in [-0.39, 0.29) is 40.7 Å². The van der Waals surface area contributed by atoms with Crippen molar-refractivity contribution in [1.29, 1.82) is 0 Å². The summed E-state index contributed by atoms with van der Waals surface area (Å²) in [6.45, 7) is 1.85. The van der Waals surface area contributed by atoms with Crippen LogP contribution in [-0.4, -0.2) is 60.3 Å². The number of hydrogen-bond acceptors (Lipinski definition) is 6. The molecule has 2 aliphatic rings. The van der Waals surface area contributed by atoms with Crippen LogP contribution in [0.3, 0.4) is 0 Å². The van der Waals surface area contributed by atoms with E-state index in [1.807, 2.05) is 6.92 Å². The number of anilines is 1. The van der Waals surface area contributed by atoms with E-state index in [9.17, 15) is 24.3 Å². The van der Waals surface area contributed by atoms with Gasteiger partial charge in [0.1, 0.15) is 6.10 Å². The molecule has 0 radical (unpaired) electrons. The molecule has 1 saturated heterocycles. The SMILES string of the molecule is CNC(=O)C(O)[C@H](C[C@@H]1C[C@@H](C)NC1=O)NC(=O)c1cc(Cl)ccc1NC(=O)OC1CC1. The maximum absolute atomic E-state index is 13.1. The Bertz CT molecular complexity index is 906. The summed E-state index contributed by atoms with van der Waals surface area (Å²) in [6.07, 6.45) is -0.217. The minimum atomic E-state index is -1.58. The zero-order valence-electron chi connectivity index (χ0n) is 17.8. The summed E-state index contributed by atoms with van der Waals surface area (Å²) < 4.78 is 5.15. The molecule has 0 aromatic heterocycles. The van der Waals surface area contributed by atoms with E-state index in [0.717, 1.165) is 12.8 Å². The fourth-order valence-electron chi connectivity index (χ4n) is 3.60. The minimum Gasteiger partial charge on any atom is -0.446 e. The molecule has 3 rings (SSSR count). The first-order valence-corrected chi connectivity index (χ1v) is 10.8. The van der Waals surface area contributed by atoms with Crippen molar-refractivity contribution in [3.05, 3.63) is 28.8 Å². The Morgan fingerprint density at radius 1 is 1.31 bits per heavy atom. The number of ether oxygens (including phenoxy) is 1. The van der Waals surface area contributed by atoms with Crippen LogP contribution >= 0.6 is 11.6 Å². The number of halogens is 1. The van der Waals surface area contributed by atoms with Crippen LogP contribution in [-0.2, 0) is 14.3 Å². The fourth-order valence-corrected chi connectivity index (χ4v) is 3.77. The normalized spacial score (nSPS) is 21.8. The smallest absolute Gasteiger partial charge is 0.411 e. The van der Waals surface area contributed by atoms with Crippen LogP contribution < -0.4 is 21.3 Å². The Balaban J connectivity index is 1.78. The van der Waals surface area contributed by atoms with Crippen LogP contribution in [0.25, 0.3) is 0 Å². The van der Waals surface area contributed by atoms with E-state index in [2.05, 4.69) is 21.3 Å². The largest absolute Gasteiger partial charge is 0.446 e. The van der Waals surface area contributed by atoms with E-state index in [1.54, 1.807) is 0 Å². The third-order valence-corrected chi connectivity index (χ3v) is 5.64. The van der Waals surface area contributed by atoms with Crippen molar-refractivity contribution in [3.8, 4) is 0 Å². The quantitative estimate of drug-likeness (QED) is 0.388. The maximum Gasteiger partial charge on any atom is 0.411 e. The zero-order valence-corrected chi connectivity index (χ0v) is 18.6. The highest BCUT2D eigenvalue weighted by Crippen LogP contribution is 2.26. The summed E-state index contributed by atoms with van der Waals surface area (Å²) in [6, 6.07) is 3.24. The van der Waals surface area contributed by atoms with Crippen LogP contribution in [0.2, 0.25) is 5.02 Å². The van der Waals surface area contributed by atoms with Gasteiger partial charge < -0.3 is 25.8 Å². The topological polar surface area (TPSA) is 146 Å². The molecule has 4 amide bonds. The number of hydrogen-bond donors (Lipinski definition) is 5. The molecule has 2 fully saturated rings. The number of carbonyl (C=O) groups is 4. The standard InChI is InChI=1S/C21H27ClN4O6/c1-10-7-11(18(28)24-10)8-16(17(27)20(30)23-2)25-19(29)14-9-12(22)3-6-15(14)26-21(31)32-13-4-5-13/h3,6,9-11,13,16-17,27H,4-5,7-8H2,1-2H3,(H,23,30)(H,24,28)(H,25,29)(H,26,31)/t10-,11+,16+,17?/m1/s1. The summed E-state index contributed by atoms with van der Waals surface area (Å²) in [5.41, 5.74) is 0.196. The average molecular weight is 467 g/mol. The van der Waals surface area contributed by atoms with Crippen molar-refractivity contribution in [2.24, 2.45) is 5.92 Å². The monoisotopic (exact) mass is 466 g/mol. The Hall–Kier alpha value is -2.85. The first-order chi connectivity index (χ1) is 15.2. The average Bonchev–Trinajstić information content (AvgIpc) is 3.50. The maximum atomic E-state index is 13.1. The van der Waals surface area contributed by atoms with Crippen molar-refractivity contribution in [1.82, 2.24) is 16.0 Å². The molecular formula is C21H27ClN4O6. The molecule has 1 aromatic rings. The van der Waals surface area contributed by atoms with E-state index >= 15 is 0 Å². The molecule has 0 spiro atoms. The summed E-state index contributed by atoms with van der Waals surface area (Å²) in [7, 11) is 1.36. The van der Waals surface area contributed by atoms with E-state index < -0.39 is 36.0 Å². The second-order valence-electron chi connectivity index (χ2n) is 8.14. The van der Waals surface area contributed by atoms with Gasteiger partial charge in [-0.05, 0) is 50.8 Å². The molecule has 4 atom stereocenters. The fraction of sp³-hybridized carbons (Fsp3) is 0.524. The van der Waals surface area contributed by atoms with Gasteiger partial charge in [-0.2, -0.15) is 0 Å². The predicted octanol–water partition coefficient (Wildman–Crippen LogP) is 1.17. The molecule has 1 heterocycles. The Labute approximate surface area is 190 Å². The molecule has 0 bridgehead atoms. The number of likely N-dealkylation sites (N-methyl/N-ethyl adjacent to an activating group) is 1. The predicted molar refractivity (Wildman–Crippen MR) is 116 cm³/mol. The molecule has 5 N–H and O–H groups in total. The number of benzene rings is 1. The summed E-state index contributed by atoms with van der Waals surface area (Å²) in [5.74, 6) is -2.04. The Kier molecular flexibility index (Phi) is 7.57. The third kappa shape index (κ3) is 6.10. The number of amides is 4. The molecule has 11 heteroatoms. The number of aliphatic hydroxyl groups is 1. The van der Waals surface area contributed by atoms with Gasteiger partial charge in [0.15, 0.2) is 6.10 Å². The van der Waals surface area contributed by atoms with Gasteiger partial charge in [0, 0.05) is 24.0 Å². The second-order valence-corrected chi connectivity index (χ2v) is 8.57. The highest BCUT2D eigenvalue weighted by atomic mass is 35.5. The lowest BCUT2D eigenvalue weighted by Gasteiger charge is -2.25. The summed E-state index contributed by atoms with van der Waals surface area (Å²) in [5, 5.41) is 21.0. The summed E-state index contributed by atoms with van der Waals surface area (Å²) >= 11 is 6.05. The van der Waals surface area contributed by atoms with Crippen LogP contribution in [0.5, 0.6) is 0 Å². The molecule has 1 saturated carbocycles. The lowest BCUT2D eigenvalue weighted by atomic mass is 9.93. The number of aliphatic hydroxyl groups excluding tert-OH is 1. The van der Waals surface area contributed by atoms with Gasteiger partial charge >= 0.3 is 6.09 Å². The molecule has 1 unspecified atom stereocenters. The first-order valence-electron chi connectivity index (χ1n) is 10.5. The Morgan fingerprint density at radius 2 is 2.03 bits per heavy atom. The van der Waals surface area contributed by atoms with E-state index in [0.29, 0.717) is 6.42 Å². The molecule has 1 aliphatic heterocycles. The lowest BCUT2D eigenvalue weighted by molar-refractivity contribution is -0.131. The number of rotatable bonds is 8. The third-order valence-electron chi connectivity index (χ3n) is 5.41. The highest BCUT2D eigenvalue weighted by molar-refractivity contribution is 6.31. The zero-order chi connectivity index (χ0) is 23.4. The molecule has 174 valence electrons. The number of nitrogens with one attached hydrogen (secondary N) is 4. The van der Waals surface area contributed by atoms with Crippen molar-refractivity contribution in [2.75, 3.05) is 12.4 Å². The van der Waals surface area contributed by atoms with Crippen LogP contribution in [0.1, 0.15) is 43.0 Å². The molecule has 10 nitrogen and oxygen atoms in total. The van der Waals surface area contributed by atoms with E-state index in [4.69, 9.17) is 16.3 Å². The number of carbonyl (C=O) groups excluding carboxylic acids is 4. The van der Waals surface area contributed by atoms with Crippen molar-refractivity contribution in [2.45, 2.75) is 56.9 Å². The highest BCUT2D eigenvalue weighted by Gasteiger charge is 2.36. The molecule has 1 aliphatic carbocycles. The molecule has 32 heavy (non-hydrogen) atoms. The minimum absolute atomic E-state index is 0.0311. The van der Waals surface area contributed by atoms with Crippen LogP contribution in [0.15, 0.2) is 18.2 Å². The van der Waals surface area contributed by atoms with Gasteiger partial charge in [0.05, 0.1) is 17.3 Å². The van der Waals surface area contributed by atoms with Crippen molar-refractivity contribution < 1.29 is 29.0 Å². The Morgan fingerprint density at radius 3 is 2.62 bits per heavy atom. The lowest BCUT2D eigenvalue weighted by Crippen LogP contribution is -2.51. The van der Waals surface area contributed by atoms with Gasteiger partial charge in [-0.3, -0.25) is 19.7 Å². The summed E-state index contributed by atoms with van der Waals surface area (Å²) in [4.78, 5) is 49.3. The van der Waals surface area contributed by atoms with Gasteiger partial charge in [0.2, 0.25) is 5.91 Å². The second kappa shape index (κ2) is 10.2. The van der Waals surface area contributed by atoms with Gasteiger partial charge in [-0.1, -0.05) is 11.6 Å². The first kappa shape index (κ1) is 23.8. The molecule has 1 aromatic carbocycles. The van der Waals surface area contributed by atoms with Crippen LogP contribution in [0, 0.1) is 5.92 Å². The van der Waals surface area contributed by atoms with E-state index in [1.165, 1.54) is 25.2 Å². The van der Waals surface area contributed by atoms with Crippen molar-refractivity contribution >= 4 is 41.1 Å². The van der Waals surface area contributed by atoms with Gasteiger partial charge in [-0.25, -0.2) is 4.79 Å². The van der Waals surface area contributed by atoms with Gasteiger partial charge in [-0.15, -0.1) is 0 Å². The van der Waals surface area contributed by atoms with Gasteiger partial charge in [0.25, 0.3) is 11.8 Å². The molecular weight excluding hydrogens is 440 g/mol. The van der Waals surface area contributed by atoms with Crippen molar-refractivity contribution in [3.63, 3.8) is 0 Å².